The number of sulfonamides is 2. The van der Waals surface area contributed by atoms with Crippen LogP contribution in [0.2, 0.25) is 0 Å². The standard InChI is InChI=1S/C16H20N2O4S2/c1-11-6-8-15(9-13(11)3)23(19,20)18-14-7-5-12(2)16(10-14)24(21,22)17-4/h5-10,17-18H,1-4H3. The normalized spacial score (nSPS) is 12.2. The van der Waals surface area contributed by atoms with Gasteiger partial charge in [-0.25, -0.2) is 21.6 Å². The summed E-state index contributed by atoms with van der Waals surface area (Å²) in [6.45, 7) is 5.37. The first-order valence-corrected chi connectivity index (χ1v) is 10.2. The van der Waals surface area contributed by atoms with E-state index in [1.165, 1.54) is 25.2 Å². The molecular weight excluding hydrogens is 348 g/mol. The van der Waals surface area contributed by atoms with E-state index in [-0.39, 0.29) is 15.5 Å². The summed E-state index contributed by atoms with van der Waals surface area (Å²) in [5.74, 6) is 0. The lowest BCUT2D eigenvalue weighted by Gasteiger charge is -2.12. The Hall–Kier alpha value is -1.90. The predicted molar refractivity (Wildman–Crippen MR) is 94.1 cm³/mol. The molecule has 0 amide bonds. The maximum atomic E-state index is 12.5. The highest BCUT2D eigenvalue weighted by molar-refractivity contribution is 7.92. The molecule has 0 aliphatic rings. The fourth-order valence-corrected chi connectivity index (χ4v) is 4.29. The van der Waals surface area contributed by atoms with Gasteiger partial charge in [0.1, 0.15) is 0 Å². The van der Waals surface area contributed by atoms with Crippen molar-refractivity contribution in [2.45, 2.75) is 30.6 Å². The molecular formula is C16H20N2O4S2. The van der Waals surface area contributed by atoms with Crippen LogP contribution in [-0.4, -0.2) is 23.9 Å². The molecule has 0 saturated carbocycles. The number of hydrogen-bond acceptors (Lipinski definition) is 4. The fourth-order valence-electron chi connectivity index (χ4n) is 2.16. The summed E-state index contributed by atoms with van der Waals surface area (Å²) in [5.41, 5.74) is 2.57. The third-order valence-corrected chi connectivity index (χ3v) is 6.72. The van der Waals surface area contributed by atoms with Crippen molar-refractivity contribution in [1.82, 2.24) is 4.72 Å². The number of rotatable bonds is 5. The molecule has 0 bridgehead atoms. The van der Waals surface area contributed by atoms with Crippen LogP contribution in [-0.2, 0) is 20.0 Å². The second-order valence-corrected chi connectivity index (χ2v) is 9.08. The Labute approximate surface area is 143 Å². The lowest BCUT2D eigenvalue weighted by molar-refractivity contribution is 0.587. The molecule has 2 aromatic carbocycles. The molecule has 0 spiro atoms. The minimum atomic E-state index is -3.80. The van der Waals surface area contributed by atoms with Crippen molar-refractivity contribution in [3.05, 3.63) is 53.1 Å². The first-order valence-electron chi connectivity index (χ1n) is 7.21. The first-order chi connectivity index (χ1) is 11.1. The van der Waals surface area contributed by atoms with E-state index in [9.17, 15) is 16.8 Å². The van der Waals surface area contributed by atoms with Gasteiger partial charge in [-0.15, -0.1) is 0 Å². The molecule has 0 atom stereocenters. The van der Waals surface area contributed by atoms with E-state index >= 15 is 0 Å². The molecule has 0 aromatic heterocycles. The zero-order valence-electron chi connectivity index (χ0n) is 13.9. The van der Waals surface area contributed by atoms with Crippen LogP contribution in [0.3, 0.4) is 0 Å². The number of hydrogen-bond donors (Lipinski definition) is 2. The molecule has 2 N–H and O–H groups in total. The van der Waals surface area contributed by atoms with Gasteiger partial charge in [-0.05, 0) is 68.8 Å². The van der Waals surface area contributed by atoms with Crippen LogP contribution in [0.15, 0.2) is 46.2 Å². The highest BCUT2D eigenvalue weighted by Gasteiger charge is 2.19. The lowest BCUT2D eigenvalue weighted by Crippen LogP contribution is -2.20. The Bertz CT molecular complexity index is 981. The quantitative estimate of drug-likeness (QED) is 0.847. The van der Waals surface area contributed by atoms with Crippen molar-refractivity contribution in [2.75, 3.05) is 11.8 Å². The predicted octanol–water partition coefficient (Wildman–Crippen LogP) is 2.32. The maximum Gasteiger partial charge on any atom is 0.261 e. The number of benzene rings is 2. The van der Waals surface area contributed by atoms with E-state index in [1.807, 2.05) is 13.8 Å². The van der Waals surface area contributed by atoms with Gasteiger partial charge in [-0.2, -0.15) is 0 Å². The van der Waals surface area contributed by atoms with Crippen LogP contribution in [0.5, 0.6) is 0 Å². The zero-order chi connectivity index (χ0) is 18.1. The SMILES string of the molecule is CNS(=O)(=O)c1cc(NS(=O)(=O)c2ccc(C)c(C)c2)ccc1C. The van der Waals surface area contributed by atoms with Gasteiger partial charge >= 0.3 is 0 Å². The van der Waals surface area contributed by atoms with Crippen molar-refractivity contribution >= 4 is 25.7 Å². The number of aryl methyl sites for hydroxylation is 3. The summed E-state index contributed by atoms with van der Waals surface area (Å²) >= 11 is 0. The van der Waals surface area contributed by atoms with E-state index < -0.39 is 20.0 Å². The second kappa shape index (κ2) is 6.54. The molecule has 0 fully saturated rings. The smallest absolute Gasteiger partial charge is 0.261 e. The van der Waals surface area contributed by atoms with E-state index in [4.69, 9.17) is 0 Å². The molecule has 130 valence electrons. The molecule has 6 nitrogen and oxygen atoms in total. The molecule has 0 aliphatic heterocycles. The van der Waals surface area contributed by atoms with Gasteiger partial charge in [0, 0.05) is 0 Å². The molecule has 0 aliphatic carbocycles. The highest BCUT2D eigenvalue weighted by Crippen LogP contribution is 2.23. The summed E-state index contributed by atoms with van der Waals surface area (Å²) in [7, 11) is -6.16. The summed E-state index contributed by atoms with van der Waals surface area (Å²) in [4.78, 5) is 0.162. The van der Waals surface area contributed by atoms with E-state index in [2.05, 4.69) is 9.44 Å². The zero-order valence-corrected chi connectivity index (χ0v) is 15.5. The topological polar surface area (TPSA) is 92.3 Å². The summed E-state index contributed by atoms with van der Waals surface area (Å²) in [6, 6.07) is 9.22. The van der Waals surface area contributed by atoms with Crippen molar-refractivity contribution in [3.8, 4) is 0 Å². The lowest BCUT2D eigenvalue weighted by atomic mass is 10.1. The molecule has 8 heteroatoms. The fraction of sp³-hybridized carbons (Fsp3) is 0.250. The van der Waals surface area contributed by atoms with Crippen molar-refractivity contribution in [2.24, 2.45) is 0 Å². The molecule has 24 heavy (non-hydrogen) atoms. The van der Waals surface area contributed by atoms with Crippen LogP contribution >= 0.6 is 0 Å². The van der Waals surface area contributed by atoms with Crippen molar-refractivity contribution in [1.29, 1.82) is 0 Å². The highest BCUT2D eigenvalue weighted by atomic mass is 32.2. The van der Waals surface area contributed by atoms with Crippen LogP contribution in [0.1, 0.15) is 16.7 Å². The Balaban J connectivity index is 2.43. The maximum absolute atomic E-state index is 12.5. The Morgan fingerprint density at radius 3 is 1.96 bits per heavy atom. The van der Waals surface area contributed by atoms with E-state index in [0.717, 1.165) is 11.1 Å². The van der Waals surface area contributed by atoms with Crippen molar-refractivity contribution < 1.29 is 16.8 Å². The van der Waals surface area contributed by atoms with Gasteiger partial charge in [0.15, 0.2) is 0 Å². The van der Waals surface area contributed by atoms with Gasteiger partial charge < -0.3 is 0 Å². The molecule has 0 saturated heterocycles. The average molecular weight is 368 g/mol. The summed E-state index contributed by atoms with van der Waals surface area (Å²) < 4.78 is 53.7. The second-order valence-electron chi connectivity index (χ2n) is 5.54. The molecule has 2 aromatic rings. The Morgan fingerprint density at radius 1 is 0.750 bits per heavy atom. The molecule has 0 unspecified atom stereocenters. The van der Waals surface area contributed by atoms with Gasteiger partial charge in [-0.3, -0.25) is 4.72 Å². The molecule has 0 heterocycles. The van der Waals surface area contributed by atoms with Gasteiger partial charge in [0.05, 0.1) is 15.5 Å². The van der Waals surface area contributed by atoms with E-state index in [1.54, 1.807) is 25.1 Å². The van der Waals surface area contributed by atoms with Gasteiger partial charge in [0.2, 0.25) is 10.0 Å². The van der Waals surface area contributed by atoms with Crippen LogP contribution in [0, 0.1) is 20.8 Å². The Kier molecular flexibility index (Phi) is 5.03. The number of anilines is 1. The van der Waals surface area contributed by atoms with E-state index in [0.29, 0.717) is 5.56 Å². The van der Waals surface area contributed by atoms with Crippen LogP contribution < -0.4 is 9.44 Å². The van der Waals surface area contributed by atoms with Crippen LogP contribution in [0.4, 0.5) is 5.69 Å². The largest absolute Gasteiger partial charge is 0.280 e. The minimum absolute atomic E-state index is 0.0327. The summed E-state index contributed by atoms with van der Waals surface area (Å²) in [5, 5.41) is 0. The van der Waals surface area contributed by atoms with Crippen LogP contribution in [0.25, 0.3) is 0 Å². The first kappa shape index (κ1) is 18.4. The minimum Gasteiger partial charge on any atom is -0.280 e. The van der Waals surface area contributed by atoms with Gasteiger partial charge in [0.25, 0.3) is 10.0 Å². The molecule has 2 rings (SSSR count). The summed E-state index contributed by atoms with van der Waals surface area (Å²) in [6.07, 6.45) is 0. The van der Waals surface area contributed by atoms with Crippen molar-refractivity contribution in [3.63, 3.8) is 0 Å². The third-order valence-electron chi connectivity index (χ3n) is 3.79. The molecule has 0 radical (unpaired) electrons. The van der Waals surface area contributed by atoms with Gasteiger partial charge in [-0.1, -0.05) is 12.1 Å². The monoisotopic (exact) mass is 368 g/mol. The third kappa shape index (κ3) is 3.77. The number of nitrogens with one attached hydrogen (secondary N) is 2. The Morgan fingerprint density at radius 2 is 1.38 bits per heavy atom. The average Bonchev–Trinajstić information content (AvgIpc) is 2.51.